The predicted molar refractivity (Wildman–Crippen MR) is 116 cm³/mol. The number of hydrogen-bond acceptors (Lipinski definition) is 6. The van der Waals surface area contributed by atoms with Crippen LogP contribution in [0.2, 0.25) is 5.02 Å². The van der Waals surface area contributed by atoms with Crippen molar-refractivity contribution >= 4 is 23.5 Å². The molecule has 1 heterocycles. The molecule has 0 spiro atoms. The van der Waals surface area contributed by atoms with Crippen LogP contribution in [0.4, 0.5) is 5.95 Å². The topological polar surface area (TPSA) is 96.4 Å². The van der Waals surface area contributed by atoms with Crippen LogP contribution in [-0.2, 0) is 4.84 Å². The molecule has 1 aromatic heterocycles. The van der Waals surface area contributed by atoms with Gasteiger partial charge in [-0.05, 0) is 31.5 Å². The zero-order valence-corrected chi connectivity index (χ0v) is 17.5. The Morgan fingerprint density at radius 2 is 2.00 bits per heavy atom. The predicted octanol–water partition coefficient (Wildman–Crippen LogP) is 3.93. The largest absolute Gasteiger partial charge is 0.394 e. The second-order valence-electron chi connectivity index (χ2n) is 6.63. The Morgan fingerprint density at radius 3 is 2.67 bits per heavy atom. The number of carbonyl (C=O) groups is 1. The molecule has 1 amide bonds. The molecule has 3 rings (SSSR count). The van der Waals surface area contributed by atoms with Gasteiger partial charge in [0, 0.05) is 11.1 Å². The molecule has 156 valence electrons. The summed E-state index contributed by atoms with van der Waals surface area (Å²) in [4.78, 5) is 26.2. The fourth-order valence-electron chi connectivity index (χ4n) is 2.90. The third-order valence-electron chi connectivity index (χ3n) is 4.40. The van der Waals surface area contributed by atoms with Gasteiger partial charge in [0.25, 0.3) is 5.91 Å². The summed E-state index contributed by atoms with van der Waals surface area (Å²) in [7, 11) is 0. The van der Waals surface area contributed by atoms with Crippen molar-refractivity contribution in [1.82, 2.24) is 15.3 Å². The number of nitrogens with one attached hydrogen (secondary N) is 2. The molecule has 3 N–H and O–H groups in total. The van der Waals surface area contributed by atoms with Gasteiger partial charge in [-0.1, -0.05) is 53.6 Å². The van der Waals surface area contributed by atoms with E-state index in [0.717, 1.165) is 16.7 Å². The molecule has 0 saturated heterocycles. The van der Waals surface area contributed by atoms with Crippen LogP contribution in [0.25, 0.3) is 11.3 Å². The van der Waals surface area contributed by atoms with Gasteiger partial charge < -0.3 is 10.4 Å². The zero-order valence-electron chi connectivity index (χ0n) is 16.7. The van der Waals surface area contributed by atoms with E-state index >= 15 is 0 Å². The Kier molecular flexibility index (Phi) is 7.35. The Labute approximate surface area is 180 Å². The monoisotopic (exact) mass is 426 g/mol. The maximum atomic E-state index is 12.7. The van der Waals surface area contributed by atoms with Crippen molar-refractivity contribution in [3.63, 3.8) is 0 Å². The highest BCUT2D eigenvalue weighted by Gasteiger charge is 2.16. The molecule has 8 heteroatoms. The standard InChI is InChI=1S/C22H23ClN4O3/c1-3-30-27-22-24-12-18(23)20(26-22)15-7-9-16(10-8-15)21(29)25-19(13-28)17-6-4-5-14(2)11-17/h4-12,19,28H,3,13H2,1-2H3,(H,25,29)(H,24,26,27)/t19-/m1/s1. The first kappa shape index (κ1) is 21.7. The summed E-state index contributed by atoms with van der Waals surface area (Å²) in [6, 6.07) is 14.1. The van der Waals surface area contributed by atoms with E-state index in [9.17, 15) is 9.90 Å². The maximum absolute atomic E-state index is 12.7. The van der Waals surface area contributed by atoms with E-state index in [1.807, 2.05) is 38.1 Å². The van der Waals surface area contributed by atoms with Crippen LogP contribution in [-0.4, -0.2) is 34.2 Å². The lowest BCUT2D eigenvalue weighted by Gasteiger charge is -2.17. The quantitative estimate of drug-likeness (QED) is 0.472. The molecule has 0 radical (unpaired) electrons. The molecule has 0 aliphatic heterocycles. The van der Waals surface area contributed by atoms with Crippen molar-refractivity contribution in [3.05, 3.63) is 76.4 Å². The van der Waals surface area contributed by atoms with Crippen molar-refractivity contribution in [1.29, 1.82) is 0 Å². The number of aromatic nitrogens is 2. The van der Waals surface area contributed by atoms with E-state index in [1.54, 1.807) is 24.3 Å². The highest BCUT2D eigenvalue weighted by atomic mass is 35.5. The number of halogens is 1. The molecule has 3 aromatic rings. The minimum Gasteiger partial charge on any atom is -0.394 e. The second kappa shape index (κ2) is 10.2. The highest BCUT2D eigenvalue weighted by Crippen LogP contribution is 2.26. The molecule has 2 aromatic carbocycles. The van der Waals surface area contributed by atoms with Crippen LogP contribution in [0.15, 0.2) is 54.7 Å². The molecular formula is C22H23ClN4O3. The normalized spacial score (nSPS) is 11.7. The van der Waals surface area contributed by atoms with Crippen LogP contribution in [0.3, 0.4) is 0 Å². The molecule has 7 nitrogen and oxygen atoms in total. The van der Waals surface area contributed by atoms with Gasteiger partial charge in [0.1, 0.15) is 0 Å². The van der Waals surface area contributed by atoms with Crippen LogP contribution >= 0.6 is 11.6 Å². The van der Waals surface area contributed by atoms with Crippen molar-refractivity contribution < 1.29 is 14.7 Å². The first-order chi connectivity index (χ1) is 14.5. The summed E-state index contributed by atoms with van der Waals surface area (Å²) in [5.74, 6) is 0.0107. The van der Waals surface area contributed by atoms with E-state index in [-0.39, 0.29) is 12.5 Å². The number of rotatable bonds is 8. The molecule has 0 saturated carbocycles. The summed E-state index contributed by atoms with van der Waals surface area (Å²) >= 11 is 6.23. The number of aryl methyl sites for hydroxylation is 1. The van der Waals surface area contributed by atoms with Crippen molar-refractivity contribution in [2.24, 2.45) is 0 Å². The minimum atomic E-state index is -0.486. The molecule has 1 atom stereocenters. The molecular weight excluding hydrogens is 404 g/mol. The number of aliphatic hydroxyl groups is 1. The van der Waals surface area contributed by atoms with Gasteiger partial charge in [-0.3, -0.25) is 9.63 Å². The average molecular weight is 427 g/mol. The van der Waals surface area contributed by atoms with Crippen LogP contribution in [0, 0.1) is 6.92 Å². The highest BCUT2D eigenvalue weighted by molar-refractivity contribution is 6.32. The van der Waals surface area contributed by atoms with Gasteiger partial charge in [0.05, 0.1) is 36.2 Å². The number of nitrogens with zero attached hydrogens (tertiary/aromatic N) is 2. The molecule has 0 unspecified atom stereocenters. The molecule has 30 heavy (non-hydrogen) atoms. The number of amides is 1. The zero-order chi connectivity index (χ0) is 21.5. The molecule has 0 aliphatic rings. The number of anilines is 1. The smallest absolute Gasteiger partial charge is 0.251 e. The first-order valence-corrected chi connectivity index (χ1v) is 9.88. The molecule has 0 fully saturated rings. The summed E-state index contributed by atoms with van der Waals surface area (Å²) < 4.78 is 0. The van der Waals surface area contributed by atoms with Gasteiger partial charge in [-0.25, -0.2) is 15.4 Å². The molecule has 0 aliphatic carbocycles. The van der Waals surface area contributed by atoms with Crippen molar-refractivity contribution in [3.8, 4) is 11.3 Å². The average Bonchev–Trinajstić information content (AvgIpc) is 2.77. The first-order valence-electron chi connectivity index (χ1n) is 9.51. The summed E-state index contributed by atoms with van der Waals surface area (Å²) in [6.07, 6.45) is 1.49. The third kappa shape index (κ3) is 5.33. The van der Waals surface area contributed by atoms with Crippen molar-refractivity contribution in [2.75, 3.05) is 18.7 Å². The van der Waals surface area contributed by atoms with E-state index in [0.29, 0.717) is 28.8 Å². The van der Waals surface area contributed by atoms with Crippen molar-refractivity contribution in [2.45, 2.75) is 19.9 Å². The summed E-state index contributed by atoms with van der Waals surface area (Å²) in [5, 5.41) is 13.0. The Hall–Kier alpha value is -3.00. The third-order valence-corrected chi connectivity index (χ3v) is 4.68. The Bertz CT molecular complexity index is 1010. The van der Waals surface area contributed by atoms with Gasteiger partial charge >= 0.3 is 0 Å². The van der Waals surface area contributed by atoms with E-state index < -0.39 is 6.04 Å². The molecule has 0 bridgehead atoms. The van der Waals surface area contributed by atoms with Crippen LogP contribution in [0.5, 0.6) is 0 Å². The van der Waals surface area contributed by atoms with Gasteiger partial charge in [-0.2, -0.15) is 0 Å². The lowest BCUT2D eigenvalue weighted by atomic mass is 10.0. The lowest BCUT2D eigenvalue weighted by molar-refractivity contribution is 0.0916. The van der Waals surface area contributed by atoms with Gasteiger partial charge in [0.2, 0.25) is 5.95 Å². The number of carbonyl (C=O) groups excluding carboxylic acids is 1. The van der Waals surface area contributed by atoms with E-state index in [4.69, 9.17) is 16.4 Å². The number of aliphatic hydroxyl groups excluding tert-OH is 1. The number of benzene rings is 2. The number of hydrogen-bond donors (Lipinski definition) is 3. The van der Waals surface area contributed by atoms with Crippen LogP contribution in [0.1, 0.15) is 34.5 Å². The van der Waals surface area contributed by atoms with E-state index in [2.05, 4.69) is 20.8 Å². The van der Waals surface area contributed by atoms with Gasteiger partial charge in [-0.15, -0.1) is 0 Å². The van der Waals surface area contributed by atoms with Gasteiger partial charge in [0.15, 0.2) is 0 Å². The maximum Gasteiger partial charge on any atom is 0.251 e. The Balaban J connectivity index is 1.76. The summed E-state index contributed by atoms with van der Waals surface area (Å²) in [6.45, 7) is 4.07. The summed E-state index contributed by atoms with van der Waals surface area (Å²) in [5.41, 5.74) is 6.27. The van der Waals surface area contributed by atoms with E-state index in [1.165, 1.54) is 6.20 Å². The fourth-order valence-corrected chi connectivity index (χ4v) is 3.10. The Morgan fingerprint density at radius 1 is 1.23 bits per heavy atom. The minimum absolute atomic E-state index is 0.195. The lowest BCUT2D eigenvalue weighted by Crippen LogP contribution is -2.30. The fraction of sp³-hybridized carbons (Fsp3) is 0.227. The second-order valence-corrected chi connectivity index (χ2v) is 7.03. The SMILES string of the molecule is CCONc1ncc(Cl)c(-c2ccc(C(=O)N[C@H](CO)c3cccc(C)c3)cc2)n1. The van der Waals surface area contributed by atoms with Crippen LogP contribution < -0.4 is 10.8 Å².